The Bertz CT molecular complexity index is 534. The lowest BCUT2D eigenvalue weighted by molar-refractivity contribution is 0.100. The molecular weight excluding hydrogens is 331 g/mol. The molecule has 0 saturated heterocycles. The highest BCUT2D eigenvalue weighted by Gasteiger charge is 2.25. The highest BCUT2D eigenvalue weighted by atomic mass is 127. The number of H-pyrrole nitrogens is 1. The van der Waals surface area contributed by atoms with Gasteiger partial charge in [0.05, 0.1) is 9.62 Å². The molecule has 1 atom stereocenters. The maximum Gasteiger partial charge on any atom is 0.284 e. The third-order valence-electron chi connectivity index (χ3n) is 2.69. The number of unbranched alkanes of at least 4 members (excludes halogenated alkanes) is 1. The molecule has 1 N–H and O–H groups in total. The van der Waals surface area contributed by atoms with Crippen molar-refractivity contribution in [1.82, 2.24) is 9.97 Å². The number of hydrogen-bond donors (Lipinski definition) is 1. The molecule has 0 aliphatic heterocycles. The number of aromatic amines is 1. The zero-order valence-corrected chi connectivity index (χ0v) is 11.7. The third kappa shape index (κ3) is 2.48. The van der Waals surface area contributed by atoms with Crippen molar-refractivity contribution in [2.45, 2.75) is 30.1 Å². The smallest absolute Gasteiger partial charge is 0.284 e. The van der Waals surface area contributed by atoms with E-state index in [1.54, 1.807) is 12.2 Å². The Labute approximate surface area is 113 Å². The van der Waals surface area contributed by atoms with Crippen LogP contribution in [0.25, 0.3) is 6.08 Å². The van der Waals surface area contributed by atoms with E-state index in [1.807, 2.05) is 22.6 Å². The predicted octanol–water partition coefficient (Wildman–Crippen LogP) is 2.13. The summed E-state index contributed by atoms with van der Waals surface area (Å²) in [4.78, 5) is 30.7. The zero-order valence-electron chi connectivity index (χ0n) is 9.50. The SMILES string of the molecule is CCCCc1nc(=O)c2c([nH]1)C=CC(I)C2=O. The number of nitrogens with one attached hydrogen (secondary N) is 1. The number of Topliss-reactive ketones (excluding diaryl/α,β-unsaturated/α-hetero) is 1. The van der Waals surface area contributed by atoms with Crippen LogP contribution in [0, 0.1) is 0 Å². The van der Waals surface area contributed by atoms with Crippen LogP contribution in [0.15, 0.2) is 10.9 Å². The van der Waals surface area contributed by atoms with E-state index in [9.17, 15) is 9.59 Å². The van der Waals surface area contributed by atoms with Gasteiger partial charge in [-0.2, -0.15) is 4.98 Å². The summed E-state index contributed by atoms with van der Waals surface area (Å²) < 4.78 is -0.260. The van der Waals surface area contributed by atoms with Crippen molar-refractivity contribution in [2.24, 2.45) is 0 Å². The minimum atomic E-state index is -0.402. The van der Waals surface area contributed by atoms with E-state index >= 15 is 0 Å². The number of fused-ring (bicyclic) bond motifs is 1. The van der Waals surface area contributed by atoms with Crippen LogP contribution < -0.4 is 5.56 Å². The topological polar surface area (TPSA) is 62.8 Å². The van der Waals surface area contributed by atoms with Gasteiger partial charge in [-0.05, 0) is 12.5 Å². The molecule has 0 spiro atoms. The molecule has 1 aliphatic carbocycles. The second kappa shape index (κ2) is 5.12. The maximum absolute atomic E-state index is 11.8. The fourth-order valence-corrected chi connectivity index (χ4v) is 2.29. The van der Waals surface area contributed by atoms with Crippen molar-refractivity contribution in [3.8, 4) is 0 Å². The number of aromatic nitrogens is 2. The molecule has 1 aromatic heterocycles. The minimum absolute atomic E-state index is 0.154. The number of carbonyl (C=O) groups excluding carboxylic acids is 1. The number of alkyl halides is 1. The van der Waals surface area contributed by atoms with Crippen molar-refractivity contribution in [3.63, 3.8) is 0 Å². The zero-order chi connectivity index (χ0) is 12.4. The molecule has 0 bridgehead atoms. The molecule has 90 valence electrons. The number of aryl methyl sites for hydroxylation is 1. The van der Waals surface area contributed by atoms with Crippen LogP contribution in [0.1, 0.15) is 41.6 Å². The molecular formula is C12H13IN2O2. The van der Waals surface area contributed by atoms with Crippen molar-refractivity contribution in [2.75, 3.05) is 0 Å². The molecule has 1 unspecified atom stereocenters. The fourth-order valence-electron chi connectivity index (χ4n) is 1.77. The number of ketones is 1. The van der Waals surface area contributed by atoms with Gasteiger partial charge in [0.25, 0.3) is 5.56 Å². The molecule has 0 amide bonds. The van der Waals surface area contributed by atoms with Crippen molar-refractivity contribution in [3.05, 3.63) is 33.5 Å². The van der Waals surface area contributed by atoms with Crippen LogP contribution in [-0.4, -0.2) is 19.7 Å². The number of nitrogens with zero attached hydrogens (tertiary/aromatic N) is 1. The van der Waals surface area contributed by atoms with Crippen molar-refractivity contribution < 1.29 is 4.79 Å². The Morgan fingerprint density at radius 3 is 2.94 bits per heavy atom. The summed E-state index contributed by atoms with van der Waals surface area (Å²) in [6.07, 6.45) is 6.37. The summed E-state index contributed by atoms with van der Waals surface area (Å²) in [7, 11) is 0. The first-order chi connectivity index (χ1) is 8.13. The van der Waals surface area contributed by atoms with Gasteiger partial charge in [0.2, 0.25) is 0 Å². The lowest BCUT2D eigenvalue weighted by Gasteiger charge is -2.13. The number of hydrogen-bond acceptors (Lipinski definition) is 3. The van der Waals surface area contributed by atoms with E-state index in [0.717, 1.165) is 19.3 Å². The second-order valence-electron chi connectivity index (χ2n) is 4.01. The van der Waals surface area contributed by atoms with Crippen LogP contribution in [-0.2, 0) is 6.42 Å². The van der Waals surface area contributed by atoms with Gasteiger partial charge < -0.3 is 4.98 Å². The lowest BCUT2D eigenvalue weighted by atomic mass is 10.0. The minimum Gasteiger partial charge on any atom is -0.343 e. The first-order valence-corrected chi connectivity index (χ1v) is 6.87. The highest BCUT2D eigenvalue weighted by Crippen LogP contribution is 2.19. The van der Waals surface area contributed by atoms with E-state index < -0.39 is 5.56 Å². The van der Waals surface area contributed by atoms with Crippen molar-refractivity contribution in [1.29, 1.82) is 0 Å². The Hall–Kier alpha value is -0.980. The molecule has 0 aromatic carbocycles. The van der Waals surface area contributed by atoms with Crippen LogP contribution in [0.3, 0.4) is 0 Å². The number of halogens is 1. The van der Waals surface area contributed by atoms with Crippen LogP contribution in [0.4, 0.5) is 0 Å². The number of carbonyl (C=O) groups is 1. The molecule has 2 rings (SSSR count). The fraction of sp³-hybridized carbons (Fsp3) is 0.417. The molecule has 0 fully saturated rings. The Balaban J connectivity index is 2.44. The van der Waals surface area contributed by atoms with E-state index in [1.165, 1.54) is 0 Å². The summed E-state index contributed by atoms with van der Waals surface area (Å²) in [6, 6.07) is 0. The van der Waals surface area contributed by atoms with Gasteiger partial charge >= 0.3 is 0 Å². The van der Waals surface area contributed by atoms with Gasteiger partial charge in [0, 0.05) is 6.42 Å². The van der Waals surface area contributed by atoms with Gasteiger partial charge in [-0.1, -0.05) is 42.0 Å². The summed E-state index contributed by atoms with van der Waals surface area (Å²) in [5, 5.41) is 0. The van der Waals surface area contributed by atoms with Gasteiger partial charge in [-0.3, -0.25) is 9.59 Å². The van der Waals surface area contributed by atoms with E-state index in [2.05, 4.69) is 16.9 Å². The number of rotatable bonds is 3. The third-order valence-corrected chi connectivity index (χ3v) is 3.68. The first-order valence-electron chi connectivity index (χ1n) is 5.63. The van der Waals surface area contributed by atoms with E-state index in [4.69, 9.17) is 0 Å². The Morgan fingerprint density at radius 1 is 1.47 bits per heavy atom. The molecule has 5 heteroatoms. The molecule has 17 heavy (non-hydrogen) atoms. The number of allylic oxidation sites excluding steroid dienone is 1. The van der Waals surface area contributed by atoms with Gasteiger partial charge in [-0.15, -0.1) is 0 Å². The molecule has 1 aromatic rings. The molecule has 0 radical (unpaired) electrons. The Morgan fingerprint density at radius 2 is 2.24 bits per heavy atom. The van der Waals surface area contributed by atoms with Crippen LogP contribution >= 0.6 is 22.6 Å². The largest absolute Gasteiger partial charge is 0.343 e. The summed E-state index contributed by atoms with van der Waals surface area (Å²) in [5.41, 5.74) is 0.405. The monoisotopic (exact) mass is 344 g/mol. The van der Waals surface area contributed by atoms with E-state index in [0.29, 0.717) is 11.5 Å². The summed E-state index contributed by atoms with van der Waals surface area (Å²) in [6.45, 7) is 2.08. The molecule has 1 heterocycles. The maximum atomic E-state index is 11.8. The van der Waals surface area contributed by atoms with Gasteiger partial charge in [-0.25, -0.2) is 0 Å². The van der Waals surface area contributed by atoms with Gasteiger partial charge in [0.1, 0.15) is 11.4 Å². The lowest BCUT2D eigenvalue weighted by Crippen LogP contribution is -2.29. The van der Waals surface area contributed by atoms with Crippen LogP contribution in [0.2, 0.25) is 0 Å². The van der Waals surface area contributed by atoms with Crippen LogP contribution in [0.5, 0.6) is 0 Å². The molecule has 0 saturated carbocycles. The van der Waals surface area contributed by atoms with E-state index in [-0.39, 0.29) is 15.3 Å². The van der Waals surface area contributed by atoms with Crippen molar-refractivity contribution >= 4 is 34.5 Å². The molecule has 4 nitrogen and oxygen atoms in total. The summed E-state index contributed by atoms with van der Waals surface area (Å²) >= 11 is 2.01. The quantitative estimate of drug-likeness (QED) is 0.675. The molecule has 1 aliphatic rings. The average molecular weight is 344 g/mol. The Kier molecular flexibility index (Phi) is 3.76. The highest BCUT2D eigenvalue weighted by molar-refractivity contribution is 14.1. The second-order valence-corrected chi connectivity index (χ2v) is 5.35. The standard InChI is InChI=1S/C12H13IN2O2/c1-2-3-4-9-14-8-6-5-7(13)11(16)10(8)12(17)15-9/h5-7H,2-4H2,1H3,(H,14,15,17). The predicted molar refractivity (Wildman–Crippen MR) is 74.6 cm³/mol. The first kappa shape index (κ1) is 12.5. The van der Waals surface area contributed by atoms with Gasteiger partial charge in [0.15, 0.2) is 5.78 Å². The summed E-state index contributed by atoms with van der Waals surface area (Å²) in [5.74, 6) is 0.513. The average Bonchev–Trinajstić information content (AvgIpc) is 2.31. The normalized spacial score (nSPS) is 18.2.